The van der Waals surface area contributed by atoms with Crippen molar-refractivity contribution in [2.24, 2.45) is 0 Å². The van der Waals surface area contributed by atoms with Crippen molar-refractivity contribution in [3.05, 3.63) is 24.3 Å². The molecule has 20 heavy (non-hydrogen) atoms. The number of sulfonamides is 1. The molecule has 0 spiro atoms. The zero-order chi connectivity index (χ0) is 14.2. The molecule has 1 aliphatic heterocycles. The number of benzene rings is 1. The van der Waals surface area contributed by atoms with Crippen LogP contribution in [0.15, 0.2) is 29.2 Å². The fourth-order valence-electron chi connectivity index (χ4n) is 2.75. The first-order chi connectivity index (χ1) is 9.62. The lowest BCUT2D eigenvalue weighted by Crippen LogP contribution is -2.34. The predicted molar refractivity (Wildman–Crippen MR) is 77.2 cm³/mol. The van der Waals surface area contributed by atoms with Gasteiger partial charge in [-0.3, -0.25) is 0 Å². The third kappa shape index (κ3) is 2.68. The van der Waals surface area contributed by atoms with Crippen LogP contribution in [0.1, 0.15) is 25.7 Å². The smallest absolute Gasteiger partial charge is 0.242 e. The summed E-state index contributed by atoms with van der Waals surface area (Å²) in [5.74, 6) is 0. The average Bonchev–Trinajstić information content (AvgIpc) is 3.11. The molecule has 3 rings (SSSR count). The molecule has 1 aromatic rings. The van der Waals surface area contributed by atoms with E-state index in [1.54, 1.807) is 12.1 Å². The number of anilines is 1. The van der Waals surface area contributed by atoms with Gasteiger partial charge < -0.3 is 10.0 Å². The van der Waals surface area contributed by atoms with Crippen LogP contribution < -0.4 is 9.62 Å². The highest BCUT2D eigenvalue weighted by Gasteiger charge is 2.32. The molecule has 1 aromatic carbocycles. The summed E-state index contributed by atoms with van der Waals surface area (Å²) in [4.78, 5) is 2.34. The van der Waals surface area contributed by atoms with E-state index in [9.17, 15) is 13.5 Å². The van der Waals surface area contributed by atoms with Gasteiger partial charge in [-0.15, -0.1) is 0 Å². The first-order valence-electron chi connectivity index (χ1n) is 7.10. The van der Waals surface area contributed by atoms with Crippen molar-refractivity contribution < 1.29 is 13.5 Å². The van der Waals surface area contributed by atoms with E-state index in [1.165, 1.54) is 0 Å². The highest BCUT2D eigenvalue weighted by Crippen LogP contribution is 2.32. The largest absolute Gasteiger partial charge is 0.394 e. The number of hydrogen-bond acceptors (Lipinski definition) is 4. The van der Waals surface area contributed by atoms with Crippen LogP contribution in [0, 0.1) is 0 Å². The molecule has 0 radical (unpaired) electrons. The lowest BCUT2D eigenvalue weighted by atomic mass is 10.2. The molecule has 1 saturated heterocycles. The summed E-state index contributed by atoms with van der Waals surface area (Å²) in [6.45, 7) is 0.853. The summed E-state index contributed by atoms with van der Waals surface area (Å²) < 4.78 is 27.6. The van der Waals surface area contributed by atoms with Crippen molar-refractivity contribution in [1.82, 2.24) is 4.72 Å². The van der Waals surface area contributed by atoms with E-state index < -0.39 is 10.0 Å². The van der Waals surface area contributed by atoms with Crippen LogP contribution in [0.2, 0.25) is 0 Å². The van der Waals surface area contributed by atoms with Crippen LogP contribution in [0.4, 0.5) is 5.69 Å². The maximum absolute atomic E-state index is 12.5. The lowest BCUT2D eigenvalue weighted by Gasteiger charge is -2.27. The van der Waals surface area contributed by atoms with E-state index in [2.05, 4.69) is 4.72 Å². The SMILES string of the molecule is O=S(=O)(NC1CC1)c1ccccc1N1CCCC1CO. The molecule has 110 valence electrons. The van der Waals surface area contributed by atoms with Gasteiger partial charge in [0.25, 0.3) is 0 Å². The Bertz CT molecular complexity index is 584. The van der Waals surface area contributed by atoms with Crippen molar-refractivity contribution in [2.75, 3.05) is 18.1 Å². The number of nitrogens with zero attached hydrogens (tertiary/aromatic N) is 1. The van der Waals surface area contributed by atoms with Gasteiger partial charge in [0.2, 0.25) is 10.0 Å². The monoisotopic (exact) mass is 296 g/mol. The summed E-state index contributed by atoms with van der Waals surface area (Å²) in [5, 5.41) is 9.44. The van der Waals surface area contributed by atoms with Crippen LogP contribution in [-0.4, -0.2) is 38.8 Å². The van der Waals surface area contributed by atoms with E-state index in [0.717, 1.165) is 32.2 Å². The fourth-order valence-corrected chi connectivity index (χ4v) is 4.27. The Morgan fingerprint density at radius 3 is 2.70 bits per heavy atom. The molecule has 1 unspecified atom stereocenters. The molecule has 5 nitrogen and oxygen atoms in total. The van der Waals surface area contributed by atoms with Crippen molar-refractivity contribution in [3.8, 4) is 0 Å². The van der Waals surface area contributed by atoms with E-state index in [1.807, 2.05) is 17.0 Å². The number of para-hydroxylation sites is 1. The van der Waals surface area contributed by atoms with Crippen LogP contribution in [0.3, 0.4) is 0 Å². The number of hydrogen-bond donors (Lipinski definition) is 2. The molecule has 1 saturated carbocycles. The van der Waals surface area contributed by atoms with E-state index in [4.69, 9.17) is 0 Å². The standard InChI is InChI=1S/C14H20N2O3S/c17-10-12-4-3-9-16(12)13-5-1-2-6-14(13)20(18,19)15-11-7-8-11/h1-2,5-6,11-12,15,17H,3-4,7-10H2. The van der Waals surface area contributed by atoms with Crippen LogP contribution >= 0.6 is 0 Å². The highest BCUT2D eigenvalue weighted by molar-refractivity contribution is 7.89. The lowest BCUT2D eigenvalue weighted by molar-refractivity contribution is 0.266. The molecule has 1 atom stereocenters. The van der Waals surface area contributed by atoms with Crippen molar-refractivity contribution in [1.29, 1.82) is 0 Å². The predicted octanol–water partition coefficient (Wildman–Crippen LogP) is 1.09. The zero-order valence-corrected chi connectivity index (χ0v) is 12.1. The van der Waals surface area contributed by atoms with Crippen LogP contribution in [0.5, 0.6) is 0 Å². The molecular formula is C14H20N2O3S. The number of aliphatic hydroxyl groups is 1. The fraction of sp³-hybridized carbons (Fsp3) is 0.571. The van der Waals surface area contributed by atoms with Gasteiger partial charge in [-0.25, -0.2) is 13.1 Å². The average molecular weight is 296 g/mol. The van der Waals surface area contributed by atoms with Gasteiger partial charge in [-0.2, -0.15) is 0 Å². The molecule has 0 amide bonds. The summed E-state index contributed by atoms with van der Waals surface area (Å²) in [6, 6.07) is 7.18. The Labute approximate surface area is 119 Å². The van der Waals surface area contributed by atoms with Crippen molar-refractivity contribution >= 4 is 15.7 Å². The molecule has 1 heterocycles. The zero-order valence-electron chi connectivity index (χ0n) is 11.3. The quantitative estimate of drug-likeness (QED) is 0.853. The third-order valence-corrected chi connectivity index (χ3v) is 5.52. The maximum Gasteiger partial charge on any atom is 0.242 e. The second-order valence-corrected chi connectivity index (χ2v) is 7.22. The van der Waals surface area contributed by atoms with Crippen LogP contribution in [-0.2, 0) is 10.0 Å². The second-order valence-electron chi connectivity index (χ2n) is 5.54. The molecule has 2 aliphatic rings. The first kappa shape index (κ1) is 13.9. The minimum atomic E-state index is -3.47. The van der Waals surface area contributed by atoms with Gasteiger partial charge in [0, 0.05) is 12.6 Å². The maximum atomic E-state index is 12.5. The molecule has 2 N–H and O–H groups in total. The Kier molecular flexibility index (Phi) is 3.70. The Morgan fingerprint density at radius 2 is 2.00 bits per heavy atom. The van der Waals surface area contributed by atoms with Crippen molar-refractivity contribution in [2.45, 2.75) is 42.7 Å². The number of aliphatic hydroxyl groups excluding tert-OH is 1. The topological polar surface area (TPSA) is 69.6 Å². The Balaban J connectivity index is 1.95. The third-order valence-electron chi connectivity index (χ3n) is 3.95. The molecule has 6 heteroatoms. The summed E-state index contributed by atoms with van der Waals surface area (Å²) in [5.41, 5.74) is 0.706. The normalized spacial score (nSPS) is 23.2. The molecule has 1 aliphatic carbocycles. The molecule has 0 aromatic heterocycles. The highest BCUT2D eigenvalue weighted by atomic mass is 32.2. The number of rotatable bonds is 5. The Morgan fingerprint density at radius 1 is 1.25 bits per heavy atom. The summed E-state index contributed by atoms with van der Waals surface area (Å²) >= 11 is 0. The van der Waals surface area contributed by atoms with E-state index in [0.29, 0.717) is 10.6 Å². The van der Waals surface area contributed by atoms with Gasteiger partial charge in [0.1, 0.15) is 4.90 Å². The summed E-state index contributed by atoms with van der Waals surface area (Å²) in [6.07, 6.45) is 3.73. The molecule has 2 fully saturated rings. The van der Waals surface area contributed by atoms with Crippen molar-refractivity contribution in [3.63, 3.8) is 0 Å². The molecular weight excluding hydrogens is 276 g/mol. The minimum Gasteiger partial charge on any atom is -0.394 e. The van der Waals surface area contributed by atoms with E-state index in [-0.39, 0.29) is 18.7 Å². The summed E-state index contributed by atoms with van der Waals surface area (Å²) in [7, 11) is -3.47. The van der Waals surface area contributed by atoms with Gasteiger partial charge >= 0.3 is 0 Å². The first-order valence-corrected chi connectivity index (χ1v) is 8.59. The Hall–Kier alpha value is -1.11. The number of nitrogens with one attached hydrogen (secondary N) is 1. The van der Waals surface area contributed by atoms with Crippen LogP contribution in [0.25, 0.3) is 0 Å². The van der Waals surface area contributed by atoms with Gasteiger partial charge in [-0.1, -0.05) is 12.1 Å². The van der Waals surface area contributed by atoms with E-state index >= 15 is 0 Å². The van der Waals surface area contributed by atoms with Gasteiger partial charge in [0.05, 0.1) is 18.3 Å². The molecule has 0 bridgehead atoms. The van der Waals surface area contributed by atoms with Gasteiger partial charge in [-0.05, 0) is 37.8 Å². The van der Waals surface area contributed by atoms with Gasteiger partial charge in [0.15, 0.2) is 0 Å². The minimum absolute atomic E-state index is 0.0206. The second kappa shape index (κ2) is 5.35.